The average Bonchev–Trinajstić information content (AvgIpc) is 2.50. The number of carbonyl (C=O) groups excluding carboxylic acids is 1. The summed E-state index contributed by atoms with van der Waals surface area (Å²) in [5, 5.41) is 9.26. The molecule has 0 fully saturated rings. The number of nitrogens with one attached hydrogen (secondary N) is 3. The monoisotopic (exact) mass is 460 g/mol. The van der Waals surface area contributed by atoms with Crippen LogP contribution in [0.25, 0.3) is 0 Å². The lowest BCUT2D eigenvalue weighted by Crippen LogP contribution is -2.41. The standard InChI is InChI=1S/C19H32N4O.HI/c1-7-21-18(23-13-19(4,5)17(24)20-6)22-9-8-16-11-14(2)10-15(3)12-16;/h10-12H,7-9,13H2,1-6H3,(H,20,24)(H2,21,22,23);1H. The van der Waals surface area contributed by atoms with E-state index in [1.54, 1.807) is 7.05 Å². The molecule has 3 N–H and O–H groups in total. The Morgan fingerprint density at radius 1 is 1.12 bits per heavy atom. The molecule has 0 aliphatic heterocycles. The van der Waals surface area contributed by atoms with Crippen LogP contribution in [0.4, 0.5) is 0 Å². The second-order valence-electron chi connectivity index (χ2n) is 6.83. The summed E-state index contributed by atoms with van der Waals surface area (Å²) in [5.41, 5.74) is 3.38. The van der Waals surface area contributed by atoms with Crippen LogP contribution < -0.4 is 16.0 Å². The number of carbonyl (C=O) groups is 1. The quantitative estimate of drug-likeness (QED) is 0.333. The second-order valence-corrected chi connectivity index (χ2v) is 6.83. The first-order valence-corrected chi connectivity index (χ1v) is 8.60. The third kappa shape index (κ3) is 8.56. The number of aryl methyl sites for hydroxylation is 2. The summed E-state index contributed by atoms with van der Waals surface area (Å²) in [5.74, 6) is 0.746. The highest BCUT2D eigenvalue weighted by atomic mass is 127. The predicted octanol–water partition coefficient (Wildman–Crippen LogP) is 2.79. The van der Waals surface area contributed by atoms with Crippen LogP contribution in [0.5, 0.6) is 0 Å². The number of guanidine groups is 1. The number of nitrogens with zero attached hydrogens (tertiary/aromatic N) is 1. The van der Waals surface area contributed by atoms with Crippen LogP contribution in [0.15, 0.2) is 23.2 Å². The van der Waals surface area contributed by atoms with Gasteiger partial charge in [0.05, 0.1) is 12.0 Å². The molecule has 0 bridgehead atoms. The van der Waals surface area contributed by atoms with Crippen molar-refractivity contribution in [2.75, 3.05) is 26.7 Å². The van der Waals surface area contributed by atoms with E-state index in [0.717, 1.165) is 25.5 Å². The minimum atomic E-state index is -0.523. The van der Waals surface area contributed by atoms with Gasteiger partial charge in [0.15, 0.2) is 5.96 Å². The van der Waals surface area contributed by atoms with Crippen molar-refractivity contribution in [3.8, 4) is 0 Å². The number of hydrogen-bond donors (Lipinski definition) is 3. The van der Waals surface area contributed by atoms with Crippen molar-refractivity contribution >= 4 is 35.8 Å². The van der Waals surface area contributed by atoms with Crippen LogP contribution >= 0.6 is 24.0 Å². The highest BCUT2D eigenvalue weighted by molar-refractivity contribution is 14.0. The molecule has 0 aromatic heterocycles. The average molecular weight is 460 g/mol. The minimum absolute atomic E-state index is 0. The van der Waals surface area contributed by atoms with Crippen LogP contribution in [0.1, 0.15) is 37.5 Å². The van der Waals surface area contributed by atoms with E-state index in [2.05, 4.69) is 53.0 Å². The van der Waals surface area contributed by atoms with E-state index in [1.165, 1.54) is 16.7 Å². The smallest absolute Gasteiger partial charge is 0.227 e. The van der Waals surface area contributed by atoms with Gasteiger partial charge in [-0.3, -0.25) is 9.79 Å². The summed E-state index contributed by atoms with van der Waals surface area (Å²) in [6.07, 6.45) is 0.936. The third-order valence-corrected chi connectivity index (χ3v) is 3.81. The Morgan fingerprint density at radius 3 is 2.24 bits per heavy atom. The molecule has 0 saturated heterocycles. The van der Waals surface area contributed by atoms with Gasteiger partial charge >= 0.3 is 0 Å². The fraction of sp³-hybridized carbons (Fsp3) is 0.579. The van der Waals surface area contributed by atoms with Crippen molar-refractivity contribution in [1.82, 2.24) is 16.0 Å². The Morgan fingerprint density at radius 2 is 1.72 bits per heavy atom. The second kappa shape index (κ2) is 11.3. The van der Waals surface area contributed by atoms with Crippen molar-refractivity contribution in [2.45, 2.75) is 41.0 Å². The molecule has 0 spiro atoms. The van der Waals surface area contributed by atoms with Crippen molar-refractivity contribution in [2.24, 2.45) is 10.4 Å². The normalized spacial score (nSPS) is 11.5. The van der Waals surface area contributed by atoms with Crippen molar-refractivity contribution < 1.29 is 4.79 Å². The molecule has 1 amide bonds. The Kier molecular flexibility index (Phi) is 10.7. The number of amides is 1. The maximum atomic E-state index is 11.8. The molecule has 1 aromatic carbocycles. The van der Waals surface area contributed by atoms with Gasteiger partial charge in [-0.2, -0.15) is 0 Å². The maximum absolute atomic E-state index is 11.8. The molecule has 0 aliphatic carbocycles. The molecule has 1 aromatic rings. The molecule has 0 heterocycles. The molecule has 142 valence electrons. The number of benzene rings is 1. The highest BCUT2D eigenvalue weighted by Crippen LogP contribution is 2.15. The first kappa shape index (κ1) is 23.7. The lowest BCUT2D eigenvalue weighted by molar-refractivity contribution is -0.128. The molecule has 25 heavy (non-hydrogen) atoms. The molecule has 0 atom stereocenters. The van der Waals surface area contributed by atoms with E-state index in [1.807, 2.05) is 20.8 Å². The summed E-state index contributed by atoms with van der Waals surface area (Å²) in [6.45, 7) is 12.1. The van der Waals surface area contributed by atoms with E-state index in [9.17, 15) is 4.79 Å². The predicted molar refractivity (Wildman–Crippen MR) is 117 cm³/mol. The highest BCUT2D eigenvalue weighted by Gasteiger charge is 2.26. The van der Waals surface area contributed by atoms with Gasteiger partial charge in [-0.25, -0.2) is 0 Å². The SMILES string of the molecule is CCNC(=NCC(C)(C)C(=O)NC)NCCc1cc(C)cc(C)c1.I. The Balaban J connectivity index is 0.00000576. The Bertz CT molecular complexity index is 565. The van der Waals surface area contributed by atoms with E-state index < -0.39 is 5.41 Å². The summed E-state index contributed by atoms with van der Waals surface area (Å²) in [4.78, 5) is 16.4. The van der Waals surface area contributed by atoms with Gasteiger partial charge in [0.2, 0.25) is 5.91 Å². The van der Waals surface area contributed by atoms with E-state index in [0.29, 0.717) is 6.54 Å². The van der Waals surface area contributed by atoms with Gasteiger partial charge < -0.3 is 16.0 Å². The first-order chi connectivity index (χ1) is 11.3. The van der Waals surface area contributed by atoms with E-state index in [-0.39, 0.29) is 29.9 Å². The molecule has 0 aliphatic rings. The van der Waals surface area contributed by atoms with Gasteiger partial charge in [0, 0.05) is 20.1 Å². The molecule has 0 unspecified atom stereocenters. The Hall–Kier alpha value is -1.31. The first-order valence-electron chi connectivity index (χ1n) is 8.60. The van der Waals surface area contributed by atoms with Crippen LogP contribution in [-0.4, -0.2) is 38.5 Å². The number of rotatable bonds is 7. The maximum Gasteiger partial charge on any atom is 0.227 e. The van der Waals surface area contributed by atoms with Crippen LogP contribution in [0, 0.1) is 19.3 Å². The van der Waals surface area contributed by atoms with E-state index in [4.69, 9.17) is 0 Å². The van der Waals surface area contributed by atoms with Gasteiger partial charge in [-0.15, -0.1) is 24.0 Å². The molecule has 0 radical (unpaired) electrons. The molecule has 1 rings (SSSR count). The summed E-state index contributed by atoms with van der Waals surface area (Å²) < 4.78 is 0. The van der Waals surface area contributed by atoms with Crippen LogP contribution in [-0.2, 0) is 11.2 Å². The zero-order chi connectivity index (χ0) is 18.2. The lowest BCUT2D eigenvalue weighted by atomic mass is 9.93. The molecular formula is C19H33IN4O. The van der Waals surface area contributed by atoms with Crippen LogP contribution in [0.2, 0.25) is 0 Å². The largest absolute Gasteiger partial charge is 0.359 e. The topological polar surface area (TPSA) is 65.5 Å². The lowest BCUT2D eigenvalue weighted by Gasteiger charge is -2.21. The molecule has 5 nitrogen and oxygen atoms in total. The summed E-state index contributed by atoms with van der Waals surface area (Å²) >= 11 is 0. The van der Waals surface area contributed by atoms with E-state index >= 15 is 0 Å². The minimum Gasteiger partial charge on any atom is -0.359 e. The number of hydrogen-bond acceptors (Lipinski definition) is 2. The molecule has 0 saturated carbocycles. The molecule has 6 heteroatoms. The van der Waals surface area contributed by atoms with Gasteiger partial charge in [0.25, 0.3) is 0 Å². The fourth-order valence-corrected chi connectivity index (χ4v) is 2.57. The third-order valence-electron chi connectivity index (χ3n) is 3.81. The fourth-order valence-electron chi connectivity index (χ4n) is 2.57. The number of halogens is 1. The van der Waals surface area contributed by atoms with Gasteiger partial charge in [-0.05, 0) is 46.6 Å². The Labute approximate surface area is 169 Å². The number of aliphatic imine (C=N–C) groups is 1. The van der Waals surface area contributed by atoms with Gasteiger partial charge in [0.1, 0.15) is 0 Å². The summed E-state index contributed by atoms with van der Waals surface area (Å²) in [6, 6.07) is 6.62. The van der Waals surface area contributed by atoms with Crippen molar-refractivity contribution in [1.29, 1.82) is 0 Å². The van der Waals surface area contributed by atoms with Gasteiger partial charge in [-0.1, -0.05) is 29.3 Å². The zero-order valence-corrected chi connectivity index (χ0v) is 18.7. The van der Waals surface area contributed by atoms with Crippen molar-refractivity contribution in [3.63, 3.8) is 0 Å². The van der Waals surface area contributed by atoms with Crippen LogP contribution in [0.3, 0.4) is 0 Å². The molecular weight excluding hydrogens is 427 g/mol. The van der Waals surface area contributed by atoms with Crippen molar-refractivity contribution in [3.05, 3.63) is 34.9 Å². The zero-order valence-electron chi connectivity index (χ0n) is 16.3. The summed E-state index contributed by atoms with van der Waals surface area (Å²) in [7, 11) is 1.65.